The number of nitrogens with one attached hydrogen (secondary N) is 2. The fraction of sp³-hybridized carbons (Fsp3) is 0.576. The van der Waals surface area contributed by atoms with Gasteiger partial charge in [0.1, 0.15) is 6.04 Å². The molecule has 2 heterocycles. The second-order valence-corrected chi connectivity index (χ2v) is 15.4. The van der Waals surface area contributed by atoms with Crippen molar-refractivity contribution in [2.24, 2.45) is 11.3 Å². The molecule has 3 atom stereocenters. The van der Waals surface area contributed by atoms with Crippen LogP contribution in [0.4, 0.5) is 0 Å². The summed E-state index contributed by atoms with van der Waals surface area (Å²) in [4.78, 5) is 28.9. The van der Waals surface area contributed by atoms with E-state index in [9.17, 15) is 23.1 Å². The van der Waals surface area contributed by atoms with Crippen molar-refractivity contribution in [3.8, 4) is 11.5 Å². The van der Waals surface area contributed by atoms with Crippen LogP contribution < -0.4 is 20.1 Å². The number of benzene rings is 2. The van der Waals surface area contributed by atoms with Crippen LogP contribution in [0.5, 0.6) is 11.5 Å². The zero-order valence-corrected chi connectivity index (χ0v) is 27.8. The fourth-order valence-corrected chi connectivity index (χ4v) is 7.28. The fourth-order valence-electron chi connectivity index (χ4n) is 5.64. The Morgan fingerprint density at radius 1 is 0.978 bits per heavy atom. The van der Waals surface area contributed by atoms with Gasteiger partial charge in [0.25, 0.3) is 0 Å². The third-order valence-electron chi connectivity index (χ3n) is 8.03. The van der Waals surface area contributed by atoms with Crippen molar-refractivity contribution in [2.45, 2.75) is 77.0 Å². The minimum absolute atomic E-state index is 0.0163. The van der Waals surface area contributed by atoms with Crippen molar-refractivity contribution in [3.05, 3.63) is 54.1 Å². The van der Waals surface area contributed by atoms with Crippen LogP contribution in [-0.2, 0) is 26.0 Å². The van der Waals surface area contributed by atoms with Crippen molar-refractivity contribution < 1.29 is 32.6 Å². The third kappa shape index (κ3) is 9.41. The number of fused-ring (bicyclic) bond motifs is 1. The van der Waals surface area contributed by atoms with E-state index in [0.717, 1.165) is 31.5 Å². The zero-order valence-electron chi connectivity index (χ0n) is 27.0. The summed E-state index contributed by atoms with van der Waals surface area (Å²) in [7, 11) is -4.05. The number of likely N-dealkylation sites (tertiary alicyclic amines) is 1. The summed E-state index contributed by atoms with van der Waals surface area (Å²) in [5.74, 6) is 0.0990. The van der Waals surface area contributed by atoms with Gasteiger partial charge in [0.2, 0.25) is 28.6 Å². The van der Waals surface area contributed by atoms with Gasteiger partial charge in [0.05, 0.1) is 23.6 Å². The van der Waals surface area contributed by atoms with Gasteiger partial charge < -0.3 is 25.2 Å². The Kier molecular flexibility index (Phi) is 11.5. The van der Waals surface area contributed by atoms with E-state index in [1.54, 1.807) is 6.07 Å². The Morgan fingerprint density at radius 2 is 1.64 bits per heavy atom. The smallest absolute Gasteiger partial charge is 0.243 e. The molecule has 3 N–H and O–H groups in total. The first-order valence-electron chi connectivity index (χ1n) is 15.7. The Bertz CT molecular complexity index is 1410. The largest absolute Gasteiger partial charge is 0.454 e. The van der Waals surface area contributed by atoms with Gasteiger partial charge in [-0.05, 0) is 61.4 Å². The SMILES string of the molecule is CC(C)CN(C[C@@H](O)C(Cc1ccccc1)NC(=O)[C@@H](NC(=O)CN1CCCC1)C(C)(C)C)S(=O)(=O)c1ccc2c(c1)OCO2. The molecule has 248 valence electrons. The van der Waals surface area contributed by atoms with E-state index in [4.69, 9.17) is 9.47 Å². The van der Waals surface area contributed by atoms with Crippen LogP contribution in [-0.4, -0.2) is 92.2 Å². The van der Waals surface area contributed by atoms with Crippen molar-refractivity contribution in [1.29, 1.82) is 0 Å². The highest BCUT2D eigenvalue weighted by atomic mass is 32.2. The lowest BCUT2D eigenvalue weighted by Crippen LogP contribution is -2.59. The van der Waals surface area contributed by atoms with E-state index < -0.39 is 39.5 Å². The number of ether oxygens (including phenoxy) is 2. The van der Waals surface area contributed by atoms with Crippen molar-refractivity contribution in [3.63, 3.8) is 0 Å². The summed E-state index contributed by atoms with van der Waals surface area (Å²) in [5, 5.41) is 17.6. The van der Waals surface area contributed by atoms with Gasteiger partial charge in [-0.1, -0.05) is 65.0 Å². The van der Waals surface area contributed by atoms with Gasteiger partial charge in [-0.25, -0.2) is 8.42 Å². The molecule has 0 spiro atoms. The normalized spacial score (nSPS) is 17.3. The predicted octanol–water partition coefficient (Wildman–Crippen LogP) is 2.78. The van der Waals surface area contributed by atoms with Crippen LogP contribution in [0.1, 0.15) is 53.0 Å². The Morgan fingerprint density at radius 3 is 2.29 bits per heavy atom. The summed E-state index contributed by atoms with van der Waals surface area (Å²) in [5.41, 5.74) is 0.237. The molecule has 11 nitrogen and oxygen atoms in total. The molecule has 2 aliphatic rings. The number of hydrogen-bond acceptors (Lipinski definition) is 8. The highest BCUT2D eigenvalue weighted by Crippen LogP contribution is 2.35. The van der Waals surface area contributed by atoms with Gasteiger partial charge in [0.15, 0.2) is 11.5 Å². The van der Waals surface area contributed by atoms with E-state index >= 15 is 0 Å². The Hall–Kier alpha value is -3.19. The molecule has 45 heavy (non-hydrogen) atoms. The first-order chi connectivity index (χ1) is 21.2. The number of carbonyl (C=O) groups is 2. The lowest BCUT2D eigenvalue weighted by Gasteiger charge is -2.35. The molecule has 4 rings (SSSR count). The van der Waals surface area contributed by atoms with Crippen LogP contribution in [0, 0.1) is 11.3 Å². The molecule has 1 saturated heterocycles. The molecule has 2 amide bonds. The molecule has 2 aromatic carbocycles. The second-order valence-electron chi connectivity index (χ2n) is 13.5. The highest BCUT2D eigenvalue weighted by Gasteiger charge is 2.37. The van der Waals surface area contributed by atoms with Gasteiger partial charge in [-0.3, -0.25) is 14.5 Å². The maximum atomic E-state index is 13.9. The quantitative estimate of drug-likeness (QED) is 0.286. The summed E-state index contributed by atoms with van der Waals surface area (Å²) in [6.45, 7) is 11.3. The standard InChI is InChI=1S/C33H48N4O7S/c1-23(2)19-37(45(41,42)25-13-14-28-29(18-25)44-22-43-28)20-27(38)26(17-24-11-7-6-8-12-24)34-32(40)31(33(3,4)5)35-30(39)21-36-15-9-10-16-36/h6-8,11-14,18,23,26-27,31,38H,9-10,15-17,19-22H2,1-5H3,(H,34,40)(H,35,39)/t26?,27-,31-/m1/s1. The monoisotopic (exact) mass is 644 g/mol. The number of aliphatic hydroxyl groups excluding tert-OH is 1. The molecule has 0 aromatic heterocycles. The van der Waals surface area contributed by atoms with Crippen LogP contribution in [0.2, 0.25) is 0 Å². The molecule has 12 heteroatoms. The van der Waals surface area contributed by atoms with Crippen molar-refractivity contribution >= 4 is 21.8 Å². The minimum atomic E-state index is -4.05. The molecular weight excluding hydrogens is 596 g/mol. The number of sulfonamides is 1. The maximum absolute atomic E-state index is 13.9. The number of amides is 2. The van der Waals surface area contributed by atoms with Crippen LogP contribution >= 0.6 is 0 Å². The minimum Gasteiger partial charge on any atom is -0.454 e. The lowest BCUT2D eigenvalue weighted by atomic mass is 9.85. The van der Waals surface area contributed by atoms with Crippen LogP contribution in [0.15, 0.2) is 53.4 Å². The van der Waals surface area contributed by atoms with E-state index in [1.165, 1.54) is 16.4 Å². The molecule has 1 fully saturated rings. The number of hydrogen-bond donors (Lipinski definition) is 3. The molecule has 2 aromatic rings. The van der Waals surface area contributed by atoms with E-state index in [0.29, 0.717) is 11.5 Å². The molecule has 2 aliphatic heterocycles. The number of rotatable bonds is 14. The third-order valence-corrected chi connectivity index (χ3v) is 9.86. The Labute approximate surface area is 267 Å². The zero-order chi connectivity index (χ0) is 32.8. The average Bonchev–Trinajstić information content (AvgIpc) is 3.66. The van der Waals surface area contributed by atoms with Crippen LogP contribution in [0.25, 0.3) is 0 Å². The number of aliphatic hydroxyl groups is 1. The van der Waals surface area contributed by atoms with E-state index in [-0.39, 0.29) is 49.6 Å². The topological polar surface area (TPSA) is 138 Å². The molecule has 1 unspecified atom stereocenters. The highest BCUT2D eigenvalue weighted by molar-refractivity contribution is 7.89. The summed E-state index contributed by atoms with van der Waals surface area (Å²) >= 11 is 0. The summed E-state index contributed by atoms with van der Waals surface area (Å²) < 4.78 is 39.8. The number of nitrogens with zero attached hydrogens (tertiary/aromatic N) is 2. The predicted molar refractivity (Wildman–Crippen MR) is 171 cm³/mol. The molecule has 0 radical (unpaired) electrons. The van der Waals surface area contributed by atoms with Gasteiger partial charge in [0, 0.05) is 19.2 Å². The van der Waals surface area contributed by atoms with Gasteiger partial charge in [-0.15, -0.1) is 0 Å². The number of carbonyl (C=O) groups excluding carboxylic acids is 2. The van der Waals surface area contributed by atoms with E-state index in [1.807, 2.05) is 65.0 Å². The molecule has 0 bridgehead atoms. The van der Waals surface area contributed by atoms with Crippen LogP contribution in [0.3, 0.4) is 0 Å². The van der Waals surface area contributed by atoms with Crippen molar-refractivity contribution in [1.82, 2.24) is 19.8 Å². The van der Waals surface area contributed by atoms with Crippen molar-refractivity contribution in [2.75, 3.05) is 39.5 Å². The van der Waals surface area contributed by atoms with Gasteiger partial charge in [-0.2, -0.15) is 4.31 Å². The molecule has 0 aliphatic carbocycles. The van der Waals surface area contributed by atoms with Gasteiger partial charge >= 0.3 is 0 Å². The Balaban J connectivity index is 1.56. The summed E-state index contributed by atoms with van der Waals surface area (Å²) in [6.07, 6.45) is 1.09. The lowest BCUT2D eigenvalue weighted by molar-refractivity contribution is -0.133. The molecular formula is C33H48N4O7S. The summed E-state index contributed by atoms with van der Waals surface area (Å²) in [6, 6.07) is 12.1. The first-order valence-corrected chi connectivity index (χ1v) is 17.1. The first kappa shape index (κ1) is 34.7. The van der Waals surface area contributed by atoms with E-state index in [2.05, 4.69) is 15.5 Å². The molecule has 0 saturated carbocycles. The maximum Gasteiger partial charge on any atom is 0.243 e. The second kappa shape index (κ2) is 14.9. The average molecular weight is 645 g/mol.